The van der Waals surface area contributed by atoms with Crippen LogP contribution >= 0.6 is 0 Å². The number of nitrogens with zero attached hydrogens (tertiary/aromatic N) is 2. The van der Waals surface area contributed by atoms with E-state index in [9.17, 15) is 4.79 Å². The Kier molecular flexibility index (Phi) is 4.26. The van der Waals surface area contributed by atoms with Crippen LogP contribution in [-0.4, -0.2) is 30.7 Å². The number of rotatable bonds is 4. The van der Waals surface area contributed by atoms with Crippen molar-refractivity contribution in [3.05, 3.63) is 46.8 Å². The molecule has 0 atom stereocenters. The summed E-state index contributed by atoms with van der Waals surface area (Å²) in [5, 5.41) is 0. The van der Waals surface area contributed by atoms with E-state index >= 15 is 0 Å². The summed E-state index contributed by atoms with van der Waals surface area (Å²) in [6.45, 7) is 5.54. The lowest BCUT2D eigenvalue weighted by Crippen LogP contribution is -2.01. The summed E-state index contributed by atoms with van der Waals surface area (Å²) in [6.07, 6.45) is 1.75. The smallest absolute Gasteiger partial charge is 0.162 e. The molecule has 0 N–H and O–H groups in total. The van der Waals surface area contributed by atoms with Crippen molar-refractivity contribution in [3.8, 4) is 11.4 Å². The van der Waals surface area contributed by atoms with E-state index in [4.69, 9.17) is 4.74 Å². The lowest BCUT2D eigenvalue weighted by atomic mass is 10.1. The predicted octanol–water partition coefficient (Wildman–Crippen LogP) is 3.35. The third-order valence-electron chi connectivity index (χ3n) is 3.61. The van der Waals surface area contributed by atoms with Crippen molar-refractivity contribution in [1.82, 2.24) is 4.57 Å². The van der Waals surface area contributed by atoms with Crippen molar-refractivity contribution in [1.29, 1.82) is 0 Å². The fraction of sp³-hybridized carbons (Fsp3) is 0.294. The van der Waals surface area contributed by atoms with E-state index in [1.165, 1.54) is 0 Å². The number of benzene rings is 1. The molecule has 110 valence electrons. The van der Waals surface area contributed by atoms with Gasteiger partial charge in [0, 0.05) is 47.5 Å². The second-order valence-electron chi connectivity index (χ2n) is 4.94. The Hall–Kier alpha value is -2.36. The summed E-state index contributed by atoms with van der Waals surface area (Å²) < 4.78 is 7.35. The summed E-state index contributed by atoms with van der Waals surface area (Å²) in [7, 11) is 3.35. The first-order valence-electron chi connectivity index (χ1n) is 6.80. The van der Waals surface area contributed by atoms with Gasteiger partial charge in [0.15, 0.2) is 5.78 Å². The van der Waals surface area contributed by atoms with Crippen molar-refractivity contribution in [3.63, 3.8) is 0 Å². The van der Waals surface area contributed by atoms with E-state index in [1.54, 1.807) is 27.3 Å². The molecule has 0 fully saturated rings. The first-order valence-corrected chi connectivity index (χ1v) is 6.80. The second kappa shape index (κ2) is 5.95. The largest absolute Gasteiger partial charge is 0.497 e. The minimum Gasteiger partial charge on any atom is -0.497 e. The molecule has 1 aromatic carbocycles. The fourth-order valence-corrected chi connectivity index (χ4v) is 2.73. The number of methoxy groups -OCH3 is 1. The van der Waals surface area contributed by atoms with Gasteiger partial charge >= 0.3 is 0 Å². The van der Waals surface area contributed by atoms with E-state index in [0.717, 1.165) is 34.0 Å². The van der Waals surface area contributed by atoms with Gasteiger partial charge in [0.1, 0.15) is 5.75 Å². The number of aromatic nitrogens is 1. The van der Waals surface area contributed by atoms with Crippen LogP contribution in [0.15, 0.2) is 29.3 Å². The van der Waals surface area contributed by atoms with E-state index < -0.39 is 0 Å². The monoisotopic (exact) mass is 284 g/mol. The minimum atomic E-state index is 0.0483. The van der Waals surface area contributed by atoms with E-state index in [-0.39, 0.29) is 5.78 Å². The molecule has 0 unspecified atom stereocenters. The predicted molar refractivity (Wildman–Crippen MR) is 85.3 cm³/mol. The molecule has 1 heterocycles. The van der Waals surface area contributed by atoms with E-state index in [0.29, 0.717) is 0 Å². The van der Waals surface area contributed by atoms with Crippen LogP contribution in [0.2, 0.25) is 0 Å². The van der Waals surface area contributed by atoms with Gasteiger partial charge in [-0.2, -0.15) is 0 Å². The minimum absolute atomic E-state index is 0.0483. The maximum Gasteiger partial charge on any atom is 0.162 e. The summed E-state index contributed by atoms with van der Waals surface area (Å²) in [5.74, 6) is 0.835. The molecule has 21 heavy (non-hydrogen) atoms. The van der Waals surface area contributed by atoms with Gasteiger partial charge in [0.2, 0.25) is 0 Å². The molecular weight excluding hydrogens is 264 g/mol. The summed E-state index contributed by atoms with van der Waals surface area (Å²) in [5.41, 5.74) is 4.49. The average Bonchev–Trinajstić information content (AvgIpc) is 2.70. The van der Waals surface area contributed by atoms with Gasteiger partial charge in [-0.05, 0) is 32.9 Å². The van der Waals surface area contributed by atoms with Crippen LogP contribution in [0.5, 0.6) is 5.75 Å². The molecule has 0 aliphatic heterocycles. The molecular formula is C17H20N2O2. The fourth-order valence-electron chi connectivity index (χ4n) is 2.73. The zero-order valence-corrected chi connectivity index (χ0v) is 13.1. The third-order valence-corrected chi connectivity index (χ3v) is 3.61. The summed E-state index contributed by atoms with van der Waals surface area (Å²) in [4.78, 5) is 16.1. The van der Waals surface area contributed by atoms with Crippen LogP contribution in [0.4, 0.5) is 0 Å². The quantitative estimate of drug-likeness (QED) is 0.638. The highest BCUT2D eigenvalue weighted by molar-refractivity contribution is 6.04. The molecule has 0 aliphatic carbocycles. The molecule has 0 radical (unpaired) electrons. The Bertz CT molecular complexity index is 712. The normalized spacial score (nSPS) is 11.1. The highest BCUT2D eigenvalue weighted by atomic mass is 16.5. The number of ether oxygens (including phenoxy) is 1. The Morgan fingerprint density at radius 3 is 2.57 bits per heavy atom. The zero-order chi connectivity index (χ0) is 15.6. The van der Waals surface area contributed by atoms with Crippen LogP contribution in [0.1, 0.15) is 34.2 Å². The van der Waals surface area contributed by atoms with E-state index in [2.05, 4.69) is 9.56 Å². The maximum absolute atomic E-state index is 12.0. The molecule has 0 bridgehead atoms. The maximum atomic E-state index is 12.0. The van der Waals surface area contributed by atoms with Gasteiger partial charge in [-0.1, -0.05) is 6.07 Å². The lowest BCUT2D eigenvalue weighted by Gasteiger charge is -2.11. The molecule has 0 aliphatic rings. The molecule has 0 saturated heterocycles. The van der Waals surface area contributed by atoms with Gasteiger partial charge in [0.05, 0.1) is 7.11 Å². The van der Waals surface area contributed by atoms with Gasteiger partial charge in [-0.3, -0.25) is 9.79 Å². The van der Waals surface area contributed by atoms with Crippen molar-refractivity contribution in [2.45, 2.75) is 20.8 Å². The Balaban J connectivity index is 2.74. The average molecular weight is 284 g/mol. The first-order chi connectivity index (χ1) is 10.0. The third kappa shape index (κ3) is 2.61. The number of ketones is 1. The van der Waals surface area contributed by atoms with Gasteiger partial charge in [-0.15, -0.1) is 0 Å². The molecule has 2 aromatic rings. The highest BCUT2D eigenvalue weighted by Gasteiger charge is 2.20. The summed E-state index contributed by atoms with van der Waals surface area (Å²) in [6, 6.07) is 7.79. The molecule has 2 rings (SSSR count). The zero-order valence-electron chi connectivity index (χ0n) is 13.1. The van der Waals surface area contributed by atoms with Crippen LogP contribution in [0.3, 0.4) is 0 Å². The standard InChI is InChI=1S/C17H20N2O2/c1-11-16(10-18-4)17(13(3)20)12(2)19(11)14-7-6-8-15(9-14)21-5/h6-10H,1-5H3. The molecule has 0 spiro atoms. The molecule has 4 heteroatoms. The van der Waals surface area contributed by atoms with Crippen LogP contribution < -0.4 is 4.74 Å². The van der Waals surface area contributed by atoms with Gasteiger partial charge in [0.25, 0.3) is 0 Å². The topological polar surface area (TPSA) is 43.6 Å². The van der Waals surface area contributed by atoms with Crippen molar-refractivity contribution < 1.29 is 9.53 Å². The molecule has 1 aromatic heterocycles. The SMILES string of the molecule is CN=Cc1c(C(C)=O)c(C)n(-c2cccc(OC)c2)c1C. The van der Waals surface area contributed by atoms with Gasteiger partial charge in [-0.25, -0.2) is 0 Å². The lowest BCUT2D eigenvalue weighted by molar-refractivity contribution is 0.101. The molecule has 0 saturated carbocycles. The van der Waals surface area contributed by atoms with Gasteiger partial charge < -0.3 is 9.30 Å². The number of carbonyl (C=O) groups is 1. The number of hydrogen-bond acceptors (Lipinski definition) is 3. The van der Waals surface area contributed by atoms with Crippen molar-refractivity contribution in [2.75, 3.05) is 14.2 Å². The van der Waals surface area contributed by atoms with Crippen molar-refractivity contribution in [2.24, 2.45) is 4.99 Å². The first kappa shape index (κ1) is 15.0. The Labute approximate surface area is 125 Å². The molecule has 4 nitrogen and oxygen atoms in total. The van der Waals surface area contributed by atoms with Crippen LogP contribution in [0, 0.1) is 13.8 Å². The number of Topliss-reactive ketones (excluding diaryl/α,β-unsaturated/α-hetero) is 1. The molecule has 0 amide bonds. The van der Waals surface area contributed by atoms with E-state index in [1.807, 2.05) is 38.1 Å². The Morgan fingerprint density at radius 1 is 1.29 bits per heavy atom. The Morgan fingerprint density at radius 2 is 2.00 bits per heavy atom. The summed E-state index contributed by atoms with van der Waals surface area (Å²) >= 11 is 0. The number of carbonyl (C=O) groups excluding carboxylic acids is 1. The highest BCUT2D eigenvalue weighted by Crippen LogP contribution is 2.27. The number of hydrogen-bond donors (Lipinski definition) is 0. The number of aliphatic imine (C=N–C) groups is 1. The van der Waals surface area contributed by atoms with Crippen LogP contribution in [-0.2, 0) is 0 Å². The van der Waals surface area contributed by atoms with Crippen LogP contribution in [0.25, 0.3) is 5.69 Å². The van der Waals surface area contributed by atoms with Crippen molar-refractivity contribution >= 4 is 12.0 Å². The second-order valence-corrected chi connectivity index (χ2v) is 4.94.